The molecular formula is C28H37F2N3O3. The van der Waals surface area contributed by atoms with Crippen LogP contribution in [0.1, 0.15) is 86.6 Å². The van der Waals surface area contributed by atoms with Crippen molar-refractivity contribution < 1.29 is 23.2 Å². The molecule has 6 nitrogen and oxygen atoms in total. The predicted octanol–water partition coefficient (Wildman–Crippen LogP) is 4.25. The number of hydrogen-bond donors (Lipinski definition) is 2. The third kappa shape index (κ3) is 6.38. The zero-order chi connectivity index (χ0) is 25.8. The summed E-state index contributed by atoms with van der Waals surface area (Å²) in [6.45, 7) is 6.54. The van der Waals surface area contributed by atoms with Gasteiger partial charge in [0, 0.05) is 31.1 Å². The molecule has 1 heterocycles. The molecule has 36 heavy (non-hydrogen) atoms. The fraction of sp³-hybridized carbons (Fsp3) is 0.607. The molecule has 3 aliphatic rings. The van der Waals surface area contributed by atoms with E-state index in [-0.39, 0.29) is 41.2 Å². The summed E-state index contributed by atoms with van der Waals surface area (Å²) in [5.41, 5.74) is 0.296. The summed E-state index contributed by atoms with van der Waals surface area (Å²) in [5.74, 6) is -3.05. The van der Waals surface area contributed by atoms with Crippen LogP contribution in [-0.4, -0.2) is 54.2 Å². The number of carbonyl (C=O) groups excluding carboxylic acids is 3. The van der Waals surface area contributed by atoms with E-state index in [2.05, 4.69) is 17.2 Å². The molecule has 2 atom stereocenters. The van der Waals surface area contributed by atoms with Crippen LogP contribution in [0.3, 0.4) is 0 Å². The topological polar surface area (TPSA) is 78.5 Å². The Bertz CT molecular complexity index is 1020. The minimum absolute atomic E-state index is 0.0271. The molecule has 1 aromatic carbocycles. The highest BCUT2D eigenvalue weighted by Gasteiger charge is 2.33. The average Bonchev–Trinajstić information content (AvgIpc) is 3.70. The molecule has 3 fully saturated rings. The van der Waals surface area contributed by atoms with E-state index < -0.39 is 23.6 Å². The van der Waals surface area contributed by atoms with Gasteiger partial charge in [0.15, 0.2) is 5.78 Å². The van der Waals surface area contributed by atoms with Crippen molar-refractivity contribution >= 4 is 17.6 Å². The number of rotatable bonds is 9. The van der Waals surface area contributed by atoms with Gasteiger partial charge in [0.1, 0.15) is 11.6 Å². The van der Waals surface area contributed by atoms with Crippen LogP contribution in [0.15, 0.2) is 24.3 Å². The fourth-order valence-electron chi connectivity index (χ4n) is 5.49. The number of likely N-dealkylation sites (tertiary alicyclic amines) is 1. The lowest BCUT2D eigenvalue weighted by Crippen LogP contribution is -2.47. The molecule has 8 heteroatoms. The standard InChI is InChI=1S/C28H37F2N3O3/c1-17(2)27(35)26(18-7-4-3-5-8-18)32-28(36)22-13-21(23(29)14-24(22)30)19-9-6-12-33(16-19)25(34)15-31-20-10-11-20/h13-14,18-20,26,31H,1,3-12,15-16H2,2H3,(H,32,36)/t19?,26-/m1/s1. The third-order valence-corrected chi connectivity index (χ3v) is 7.78. The Morgan fingerprint density at radius 2 is 1.75 bits per heavy atom. The first-order valence-electron chi connectivity index (χ1n) is 13.2. The number of nitrogens with one attached hydrogen (secondary N) is 2. The van der Waals surface area contributed by atoms with Gasteiger partial charge >= 0.3 is 0 Å². The average molecular weight is 502 g/mol. The van der Waals surface area contributed by atoms with Crippen molar-refractivity contribution in [2.75, 3.05) is 19.6 Å². The molecule has 0 radical (unpaired) electrons. The number of halogens is 2. The molecule has 196 valence electrons. The van der Waals surface area contributed by atoms with Gasteiger partial charge in [-0.05, 0) is 68.6 Å². The Morgan fingerprint density at radius 1 is 1.03 bits per heavy atom. The lowest BCUT2D eigenvalue weighted by Gasteiger charge is -2.33. The number of carbonyl (C=O) groups is 3. The summed E-state index contributed by atoms with van der Waals surface area (Å²) >= 11 is 0. The van der Waals surface area contributed by atoms with E-state index in [4.69, 9.17) is 0 Å². The number of piperidine rings is 1. The van der Waals surface area contributed by atoms with Crippen molar-refractivity contribution in [3.63, 3.8) is 0 Å². The van der Waals surface area contributed by atoms with Crippen LogP contribution in [0.2, 0.25) is 0 Å². The van der Waals surface area contributed by atoms with E-state index in [1.165, 1.54) is 6.07 Å². The molecule has 0 bridgehead atoms. The van der Waals surface area contributed by atoms with Crippen LogP contribution in [0.5, 0.6) is 0 Å². The first-order valence-corrected chi connectivity index (χ1v) is 13.2. The van der Waals surface area contributed by atoms with Crippen LogP contribution in [0.25, 0.3) is 0 Å². The van der Waals surface area contributed by atoms with E-state index in [9.17, 15) is 23.2 Å². The first-order chi connectivity index (χ1) is 17.2. The largest absolute Gasteiger partial charge is 0.341 e. The van der Waals surface area contributed by atoms with Gasteiger partial charge in [0.05, 0.1) is 18.2 Å². The number of ketones is 1. The van der Waals surface area contributed by atoms with Crippen molar-refractivity contribution in [1.29, 1.82) is 0 Å². The number of benzene rings is 1. The van der Waals surface area contributed by atoms with Gasteiger partial charge in [-0.25, -0.2) is 8.78 Å². The van der Waals surface area contributed by atoms with Crippen LogP contribution in [-0.2, 0) is 9.59 Å². The van der Waals surface area contributed by atoms with Gasteiger partial charge in [0.2, 0.25) is 5.91 Å². The van der Waals surface area contributed by atoms with E-state index in [0.717, 1.165) is 51.0 Å². The second-order valence-corrected chi connectivity index (χ2v) is 10.7. The van der Waals surface area contributed by atoms with Crippen molar-refractivity contribution in [2.45, 2.75) is 82.7 Å². The molecule has 1 aromatic rings. The summed E-state index contributed by atoms with van der Waals surface area (Å²) in [6, 6.07) is 1.66. The highest BCUT2D eigenvalue weighted by molar-refractivity contribution is 6.03. The minimum atomic E-state index is -0.962. The molecular weight excluding hydrogens is 464 g/mol. The predicted molar refractivity (Wildman–Crippen MR) is 134 cm³/mol. The SMILES string of the molecule is C=C(C)C(=O)[C@H](NC(=O)c1cc(C2CCCN(C(=O)CNC3CC3)C2)c(F)cc1F)C1CCCCC1. The third-order valence-electron chi connectivity index (χ3n) is 7.78. The van der Waals surface area contributed by atoms with E-state index in [1.807, 2.05) is 0 Å². The molecule has 1 saturated heterocycles. The number of nitrogens with zero attached hydrogens (tertiary/aromatic N) is 1. The number of amides is 2. The van der Waals surface area contributed by atoms with Gasteiger partial charge < -0.3 is 15.5 Å². The smallest absolute Gasteiger partial charge is 0.254 e. The summed E-state index contributed by atoms with van der Waals surface area (Å²) in [6.07, 6.45) is 8.17. The molecule has 2 aliphatic carbocycles. The van der Waals surface area contributed by atoms with Gasteiger partial charge in [-0.3, -0.25) is 14.4 Å². The molecule has 1 unspecified atom stereocenters. The lowest BCUT2D eigenvalue weighted by atomic mass is 9.81. The maximum Gasteiger partial charge on any atom is 0.254 e. The Hall–Kier alpha value is -2.61. The van der Waals surface area contributed by atoms with Crippen molar-refractivity contribution in [2.24, 2.45) is 5.92 Å². The van der Waals surface area contributed by atoms with Crippen molar-refractivity contribution in [3.05, 3.63) is 47.0 Å². The van der Waals surface area contributed by atoms with Crippen LogP contribution in [0, 0.1) is 17.6 Å². The summed E-state index contributed by atoms with van der Waals surface area (Å²) < 4.78 is 29.7. The molecule has 2 N–H and O–H groups in total. The fourth-order valence-corrected chi connectivity index (χ4v) is 5.49. The molecule has 2 amide bonds. The Kier molecular flexibility index (Phi) is 8.54. The molecule has 0 spiro atoms. The monoisotopic (exact) mass is 501 g/mol. The second-order valence-electron chi connectivity index (χ2n) is 10.7. The summed E-state index contributed by atoms with van der Waals surface area (Å²) in [7, 11) is 0. The Morgan fingerprint density at radius 3 is 2.42 bits per heavy atom. The highest BCUT2D eigenvalue weighted by Crippen LogP contribution is 2.32. The van der Waals surface area contributed by atoms with E-state index >= 15 is 0 Å². The Balaban J connectivity index is 1.50. The van der Waals surface area contributed by atoms with Crippen molar-refractivity contribution in [3.8, 4) is 0 Å². The first kappa shape index (κ1) is 26.5. The number of Topliss-reactive ketones (excluding diaryl/α,β-unsaturated/α-hetero) is 1. The van der Waals surface area contributed by atoms with E-state index in [1.54, 1.807) is 11.8 Å². The molecule has 1 aliphatic heterocycles. The Labute approximate surface area is 211 Å². The second kappa shape index (κ2) is 11.6. The highest BCUT2D eigenvalue weighted by atomic mass is 19.1. The van der Waals surface area contributed by atoms with Crippen LogP contribution < -0.4 is 10.6 Å². The van der Waals surface area contributed by atoms with Gasteiger partial charge in [-0.15, -0.1) is 0 Å². The molecule has 4 rings (SSSR count). The van der Waals surface area contributed by atoms with Crippen LogP contribution >= 0.6 is 0 Å². The maximum atomic E-state index is 14.9. The quantitative estimate of drug-likeness (QED) is 0.496. The lowest BCUT2D eigenvalue weighted by molar-refractivity contribution is -0.131. The summed E-state index contributed by atoms with van der Waals surface area (Å²) in [4.78, 5) is 40.4. The minimum Gasteiger partial charge on any atom is -0.341 e. The van der Waals surface area contributed by atoms with Gasteiger partial charge in [-0.2, -0.15) is 0 Å². The van der Waals surface area contributed by atoms with Gasteiger partial charge in [-0.1, -0.05) is 25.8 Å². The number of hydrogen-bond acceptors (Lipinski definition) is 4. The molecule has 0 aromatic heterocycles. The van der Waals surface area contributed by atoms with Gasteiger partial charge in [0.25, 0.3) is 5.91 Å². The van der Waals surface area contributed by atoms with Crippen molar-refractivity contribution in [1.82, 2.24) is 15.5 Å². The zero-order valence-corrected chi connectivity index (χ0v) is 21.1. The van der Waals surface area contributed by atoms with Crippen LogP contribution in [0.4, 0.5) is 8.78 Å². The summed E-state index contributed by atoms with van der Waals surface area (Å²) in [5, 5.41) is 5.96. The maximum absolute atomic E-state index is 14.9. The molecule has 2 saturated carbocycles. The van der Waals surface area contributed by atoms with E-state index in [0.29, 0.717) is 37.5 Å². The normalized spacial score (nSPS) is 21.6. The zero-order valence-electron chi connectivity index (χ0n) is 21.1.